The zero-order valence-electron chi connectivity index (χ0n) is 17.0. The van der Waals surface area contributed by atoms with Gasteiger partial charge in [0.05, 0.1) is 15.6 Å². The molecule has 2 N–H and O–H groups in total. The number of rotatable bonds is 7. The van der Waals surface area contributed by atoms with Crippen LogP contribution in [0.25, 0.3) is 0 Å². The Kier molecular flexibility index (Phi) is 6.26. The van der Waals surface area contributed by atoms with E-state index in [0.717, 1.165) is 29.4 Å². The van der Waals surface area contributed by atoms with E-state index in [1.807, 2.05) is 12.1 Å². The molecule has 1 fully saturated rings. The lowest BCUT2D eigenvalue weighted by molar-refractivity contribution is -0.384. The highest BCUT2D eigenvalue weighted by atomic mass is 35.5. The molecule has 0 bridgehead atoms. The molecule has 10 heteroatoms. The number of carbonyl (C=O) groups is 3. The van der Waals surface area contributed by atoms with E-state index in [1.165, 1.54) is 12.1 Å². The average Bonchev–Trinajstić information content (AvgIpc) is 2.94. The van der Waals surface area contributed by atoms with E-state index in [-0.39, 0.29) is 16.4 Å². The Morgan fingerprint density at radius 2 is 1.90 bits per heavy atom. The molecular weight excluding hydrogens is 424 g/mol. The van der Waals surface area contributed by atoms with E-state index in [4.69, 9.17) is 11.6 Å². The molecule has 1 atom stereocenters. The molecule has 0 aromatic heterocycles. The van der Waals surface area contributed by atoms with Crippen molar-refractivity contribution in [3.8, 4) is 0 Å². The molecule has 2 aromatic rings. The van der Waals surface area contributed by atoms with Crippen LogP contribution in [0.5, 0.6) is 0 Å². The lowest BCUT2D eigenvalue weighted by atomic mass is 9.91. The van der Waals surface area contributed by atoms with E-state index >= 15 is 0 Å². The lowest BCUT2D eigenvalue weighted by Gasteiger charge is -2.22. The molecule has 4 amide bonds. The van der Waals surface area contributed by atoms with Gasteiger partial charge in [-0.05, 0) is 30.5 Å². The topological polar surface area (TPSA) is 122 Å². The van der Waals surface area contributed by atoms with Crippen molar-refractivity contribution in [2.45, 2.75) is 32.2 Å². The number of nitrogens with zero attached hydrogens (tertiary/aromatic N) is 2. The van der Waals surface area contributed by atoms with Crippen LogP contribution in [0.3, 0.4) is 0 Å². The Morgan fingerprint density at radius 3 is 2.48 bits per heavy atom. The molecule has 1 aliphatic heterocycles. The first-order chi connectivity index (χ1) is 14.7. The molecule has 0 radical (unpaired) electrons. The highest BCUT2D eigenvalue weighted by molar-refractivity contribution is 6.34. The van der Waals surface area contributed by atoms with Gasteiger partial charge in [0.25, 0.3) is 11.6 Å². The third-order valence-corrected chi connectivity index (χ3v) is 5.40. The quantitative estimate of drug-likeness (QED) is 0.384. The van der Waals surface area contributed by atoms with Crippen molar-refractivity contribution >= 4 is 40.8 Å². The van der Waals surface area contributed by atoms with Crippen LogP contribution in [0.4, 0.5) is 16.2 Å². The fourth-order valence-electron chi connectivity index (χ4n) is 3.38. The molecule has 1 saturated heterocycles. The summed E-state index contributed by atoms with van der Waals surface area (Å²) in [6.45, 7) is 3.14. The predicted octanol–water partition coefficient (Wildman–Crippen LogP) is 3.61. The Morgan fingerprint density at radius 1 is 1.23 bits per heavy atom. The van der Waals surface area contributed by atoms with Crippen LogP contribution in [0, 0.1) is 10.1 Å². The molecule has 0 saturated carbocycles. The Bertz CT molecular complexity index is 1060. The number of anilines is 1. The number of carbonyl (C=O) groups excluding carboxylic acids is 3. The summed E-state index contributed by atoms with van der Waals surface area (Å²) in [4.78, 5) is 48.8. The highest BCUT2D eigenvalue weighted by Gasteiger charge is 2.49. The summed E-state index contributed by atoms with van der Waals surface area (Å²) in [5, 5.41) is 15.9. The van der Waals surface area contributed by atoms with Crippen molar-refractivity contribution in [2.24, 2.45) is 0 Å². The van der Waals surface area contributed by atoms with Crippen molar-refractivity contribution in [1.29, 1.82) is 0 Å². The van der Waals surface area contributed by atoms with Crippen LogP contribution < -0.4 is 10.6 Å². The highest BCUT2D eigenvalue weighted by Crippen LogP contribution is 2.30. The van der Waals surface area contributed by atoms with Gasteiger partial charge < -0.3 is 10.6 Å². The summed E-state index contributed by atoms with van der Waals surface area (Å²) in [6, 6.07) is 10.3. The molecule has 2 aromatic carbocycles. The number of benzene rings is 2. The average molecular weight is 445 g/mol. The van der Waals surface area contributed by atoms with Gasteiger partial charge in [0.15, 0.2) is 0 Å². The van der Waals surface area contributed by atoms with E-state index < -0.39 is 34.9 Å². The Hall–Kier alpha value is -3.46. The monoisotopic (exact) mass is 444 g/mol. The van der Waals surface area contributed by atoms with Crippen LogP contribution in [0.2, 0.25) is 5.02 Å². The smallest absolute Gasteiger partial charge is 0.323 e. The summed E-state index contributed by atoms with van der Waals surface area (Å²) >= 11 is 5.97. The number of non-ortho nitro benzene ring substituents is 1. The fraction of sp³-hybridized carbons (Fsp3) is 0.286. The van der Waals surface area contributed by atoms with E-state index in [9.17, 15) is 24.5 Å². The maximum absolute atomic E-state index is 13.0. The van der Waals surface area contributed by atoms with Gasteiger partial charge in [-0.3, -0.25) is 24.6 Å². The van der Waals surface area contributed by atoms with Gasteiger partial charge in [0.2, 0.25) is 5.91 Å². The first-order valence-electron chi connectivity index (χ1n) is 9.63. The van der Waals surface area contributed by atoms with Gasteiger partial charge in [-0.2, -0.15) is 0 Å². The van der Waals surface area contributed by atoms with Gasteiger partial charge >= 0.3 is 6.03 Å². The molecule has 162 valence electrons. The summed E-state index contributed by atoms with van der Waals surface area (Å²) < 4.78 is 0. The molecule has 0 spiro atoms. The maximum Gasteiger partial charge on any atom is 0.325 e. The lowest BCUT2D eigenvalue weighted by Crippen LogP contribution is -2.42. The Balaban J connectivity index is 1.72. The van der Waals surface area contributed by atoms with Gasteiger partial charge in [-0.15, -0.1) is 0 Å². The van der Waals surface area contributed by atoms with Gasteiger partial charge in [-0.1, -0.05) is 49.2 Å². The van der Waals surface area contributed by atoms with E-state index in [2.05, 4.69) is 17.6 Å². The number of hydrogen-bond acceptors (Lipinski definition) is 5. The Labute approximate surface area is 183 Å². The molecule has 9 nitrogen and oxygen atoms in total. The number of nitro benzene ring substituents is 1. The van der Waals surface area contributed by atoms with Crippen LogP contribution in [-0.2, 0) is 21.5 Å². The molecule has 0 aliphatic carbocycles. The minimum atomic E-state index is -1.28. The van der Waals surface area contributed by atoms with Gasteiger partial charge in [0, 0.05) is 12.1 Å². The number of hydrogen-bond donors (Lipinski definition) is 2. The molecule has 3 rings (SSSR count). The van der Waals surface area contributed by atoms with Gasteiger partial charge in [0.1, 0.15) is 12.1 Å². The predicted molar refractivity (Wildman–Crippen MR) is 115 cm³/mol. The second-order valence-corrected chi connectivity index (χ2v) is 7.77. The largest absolute Gasteiger partial charge is 0.325 e. The van der Waals surface area contributed by atoms with Crippen molar-refractivity contribution in [3.05, 3.63) is 68.7 Å². The first-order valence-corrected chi connectivity index (χ1v) is 10.0. The minimum absolute atomic E-state index is 0.0308. The summed E-state index contributed by atoms with van der Waals surface area (Å²) in [6.07, 6.45) is 1.91. The number of nitrogens with one attached hydrogen (secondary N) is 2. The third kappa shape index (κ3) is 4.51. The van der Waals surface area contributed by atoms with Crippen molar-refractivity contribution in [2.75, 3.05) is 11.9 Å². The normalized spacial score (nSPS) is 18.1. The number of amides is 4. The second-order valence-electron chi connectivity index (χ2n) is 7.36. The second kappa shape index (κ2) is 8.73. The van der Waals surface area contributed by atoms with Crippen LogP contribution in [0.15, 0.2) is 42.5 Å². The van der Waals surface area contributed by atoms with Crippen molar-refractivity contribution in [1.82, 2.24) is 10.2 Å². The van der Waals surface area contributed by atoms with Crippen LogP contribution in [-0.4, -0.2) is 34.2 Å². The fourth-order valence-corrected chi connectivity index (χ4v) is 3.60. The number of urea groups is 1. The number of aryl methyl sites for hydroxylation is 1. The SMILES string of the molecule is CCCc1ccc(C2(C)NC(=O)N(CC(=O)Nc3ccc([N+](=O)[O-])cc3Cl)C2=O)cc1. The maximum atomic E-state index is 13.0. The van der Waals surface area contributed by atoms with E-state index in [0.29, 0.717) is 5.56 Å². The van der Waals surface area contributed by atoms with Crippen molar-refractivity contribution < 1.29 is 19.3 Å². The van der Waals surface area contributed by atoms with Crippen LogP contribution >= 0.6 is 11.6 Å². The number of nitro groups is 1. The molecule has 1 heterocycles. The zero-order chi connectivity index (χ0) is 22.8. The number of imide groups is 1. The van der Waals surface area contributed by atoms with Crippen LogP contribution in [0.1, 0.15) is 31.4 Å². The molecular formula is C21H21ClN4O5. The third-order valence-electron chi connectivity index (χ3n) is 5.08. The zero-order valence-corrected chi connectivity index (χ0v) is 17.7. The minimum Gasteiger partial charge on any atom is -0.323 e. The van der Waals surface area contributed by atoms with Crippen molar-refractivity contribution in [3.63, 3.8) is 0 Å². The van der Waals surface area contributed by atoms with Gasteiger partial charge in [-0.25, -0.2) is 4.79 Å². The standard InChI is InChI=1S/C21H21ClN4O5/c1-3-4-13-5-7-14(8-6-13)21(2)19(28)25(20(29)24-21)12-18(27)23-17-10-9-15(26(30)31)11-16(17)22/h5-11H,3-4,12H2,1-2H3,(H,23,27)(H,24,29). The summed E-state index contributed by atoms with van der Waals surface area (Å²) in [5.74, 6) is -1.22. The molecule has 31 heavy (non-hydrogen) atoms. The molecule has 1 aliphatic rings. The number of halogens is 1. The first kappa shape index (κ1) is 22.2. The molecule has 1 unspecified atom stereocenters. The van der Waals surface area contributed by atoms with E-state index in [1.54, 1.807) is 19.1 Å². The summed E-state index contributed by atoms with van der Waals surface area (Å²) in [7, 11) is 0. The summed E-state index contributed by atoms with van der Waals surface area (Å²) in [5.41, 5.74) is 0.374.